The Bertz CT molecular complexity index is 786. The molecule has 0 bridgehead atoms. The minimum atomic E-state index is -0.413. The topological polar surface area (TPSA) is 102 Å². The third kappa shape index (κ3) is 6.11. The lowest BCUT2D eigenvalue weighted by molar-refractivity contribution is -0.929. The predicted octanol–water partition coefficient (Wildman–Crippen LogP) is 2.14. The van der Waals surface area contributed by atoms with Gasteiger partial charge in [0, 0.05) is 6.04 Å². The molecule has 0 saturated heterocycles. The molecule has 0 spiro atoms. The van der Waals surface area contributed by atoms with Gasteiger partial charge in [-0.15, -0.1) is 21.5 Å². The minimum Gasteiger partial charge on any atom is -0.414 e. The van der Waals surface area contributed by atoms with Gasteiger partial charge >= 0.3 is 6.03 Å². The average molecular weight is 421 g/mol. The van der Waals surface area contributed by atoms with Crippen LogP contribution in [0.4, 0.5) is 4.79 Å². The van der Waals surface area contributed by atoms with E-state index in [0.717, 1.165) is 48.4 Å². The van der Waals surface area contributed by atoms with Crippen LogP contribution in [0.1, 0.15) is 58.3 Å². The maximum atomic E-state index is 12.6. The van der Waals surface area contributed by atoms with Gasteiger partial charge in [-0.05, 0) is 37.6 Å². The van der Waals surface area contributed by atoms with E-state index in [0.29, 0.717) is 18.3 Å². The van der Waals surface area contributed by atoms with E-state index in [9.17, 15) is 9.59 Å². The van der Waals surface area contributed by atoms with Crippen molar-refractivity contribution in [1.82, 2.24) is 20.8 Å². The van der Waals surface area contributed by atoms with Gasteiger partial charge in [0.2, 0.25) is 0 Å². The third-order valence-corrected chi connectivity index (χ3v) is 6.19. The van der Waals surface area contributed by atoms with Crippen molar-refractivity contribution in [3.05, 3.63) is 23.4 Å². The van der Waals surface area contributed by atoms with Gasteiger partial charge in [0.1, 0.15) is 0 Å². The number of nitrogens with zero attached hydrogens (tertiary/aromatic N) is 2. The highest BCUT2D eigenvalue weighted by atomic mass is 32.1. The fourth-order valence-electron chi connectivity index (χ4n) is 3.67. The second-order valence-electron chi connectivity index (χ2n) is 7.58. The van der Waals surface area contributed by atoms with E-state index in [2.05, 4.69) is 27.8 Å². The maximum absolute atomic E-state index is 12.6. The molecule has 9 heteroatoms. The molecule has 1 aliphatic carbocycles. The van der Waals surface area contributed by atoms with Crippen LogP contribution in [-0.2, 0) is 11.3 Å². The Kier molecular flexibility index (Phi) is 7.76. The normalized spacial score (nSPS) is 16.9. The Hall–Kier alpha value is -2.26. The molecule has 0 aliphatic heterocycles. The van der Waals surface area contributed by atoms with Crippen LogP contribution >= 0.6 is 11.3 Å². The van der Waals surface area contributed by atoms with Gasteiger partial charge in [0.05, 0.1) is 11.4 Å². The van der Waals surface area contributed by atoms with Crippen molar-refractivity contribution in [2.75, 3.05) is 6.54 Å². The number of carbonyl (C=O) groups is 2. The first-order valence-electron chi connectivity index (χ1n) is 10.4. The molecule has 1 aliphatic rings. The zero-order chi connectivity index (χ0) is 20.6. The van der Waals surface area contributed by atoms with Crippen molar-refractivity contribution in [3.63, 3.8) is 0 Å². The summed E-state index contributed by atoms with van der Waals surface area (Å²) in [5.74, 6) is 0.692. The maximum Gasteiger partial charge on any atom is 0.321 e. The summed E-state index contributed by atoms with van der Waals surface area (Å²) in [4.78, 5) is 26.7. The molecular formula is C20H30N5O3S+. The zero-order valence-electron chi connectivity index (χ0n) is 17.1. The van der Waals surface area contributed by atoms with Crippen LogP contribution in [0.15, 0.2) is 21.9 Å². The molecule has 3 rings (SSSR count). The lowest BCUT2D eigenvalue weighted by Gasteiger charge is -2.25. The summed E-state index contributed by atoms with van der Waals surface area (Å²) in [6, 6.07) is 3.22. The number of thiophene rings is 1. The van der Waals surface area contributed by atoms with Crippen LogP contribution in [0.5, 0.6) is 0 Å². The first kappa shape index (κ1) is 21.4. The molecule has 0 radical (unpaired) electrons. The second-order valence-corrected chi connectivity index (χ2v) is 8.53. The van der Waals surface area contributed by atoms with Gasteiger partial charge in [0.25, 0.3) is 17.7 Å². The molecule has 1 saturated carbocycles. The summed E-state index contributed by atoms with van der Waals surface area (Å²) < 4.78 is 5.77. The van der Waals surface area contributed by atoms with E-state index in [1.807, 2.05) is 24.4 Å². The fourth-order valence-corrected chi connectivity index (χ4v) is 4.32. The number of aromatic nitrogens is 2. The summed E-state index contributed by atoms with van der Waals surface area (Å²) >= 11 is 1.54. The van der Waals surface area contributed by atoms with Gasteiger partial charge in [-0.25, -0.2) is 4.79 Å². The number of amides is 3. The van der Waals surface area contributed by atoms with Crippen molar-refractivity contribution < 1.29 is 18.9 Å². The summed E-state index contributed by atoms with van der Waals surface area (Å²) in [7, 11) is 0. The first-order chi connectivity index (χ1) is 14.1. The van der Waals surface area contributed by atoms with Crippen molar-refractivity contribution >= 4 is 23.3 Å². The minimum absolute atomic E-state index is 0.167. The summed E-state index contributed by atoms with van der Waals surface area (Å²) in [6.07, 6.45) is 6.33. The number of quaternary nitrogens is 1. The Morgan fingerprint density at radius 1 is 1.31 bits per heavy atom. The fraction of sp³-hybridized carbons (Fsp3) is 0.600. The van der Waals surface area contributed by atoms with Crippen LogP contribution in [0, 0.1) is 0 Å². The van der Waals surface area contributed by atoms with Crippen molar-refractivity contribution in [1.29, 1.82) is 0 Å². The first-order valence-corrected chi connectivity index (χ1v) is 11.3. The van der Waals surface area contributed by atoms with Crippen molar-refractivity contribution in [2.45, 2.75) is 71.0 Å². The quantitative estimate of drug-likeness (QED) is 0.607. The Morgan fingerprint density at radius 2 is 2.10 bits per heavy atom. The van der Waals surface area contributed by atoms with Crippen LogP contribution < -0.4 is 15.5 Å². The molecule has 2 aromatic rings. The zero-order valence-corrected chi connectivity index (χ0v) is 17.9. The Labute approximate surface area is 175 Å². The van der Waals surface area contributed by atoms with Crippen molar-refractivity contribution in [3.8, 4) is 10.8 Å². The lowest BCUT2D eigenvalue weighted by atomic mass is 9.96. The number of imide groups is 1. The number of rotatable bonds is 8. The molecule has 158 valence electrons. The van der Waals surface area contributed by atoms with E-state index in [4.69, 9.17) is 4.42 Å². The molecule has 1 fully saturated rings. The monoisotopic (exact) mass is 420 g/mol. The molecule has 3 N–H and O–H groups in total. The summed E-state index contributed by atoms with van der Waals surface area (Å²) in [5, 5.41) is 15.6. The van der Waals surface area contributed by atoms with E-state index in [-0.39, 0.29) is 11.9 Å². The Morgan fingerprint density at radius 3 is 2.79 bits per heavy atom. The van der Waals surface area contributed by atoms with Crippen LogP contribution in [0.3, 0.4) is 0 Å². The number of carbonyl (C=O) groups excluding carboxylic acids is 2. The molecule has 1 unspecified atom stereocenters. The summed E-state index contributed by atoms with van der Waals surface area (Å²) in [5.41, 5.74) is 0. The number of urea groups is 1. The molecule has 3 amide bonds. The van der Waals surface area contributed by atoms with Crippen LogP contribution in [0.2, 0.25) is 0 Å². The molecule has 2 heterocycles. The van der Waals surface area contributed by atoms with E-state index in [1.165, 1.54) is 17.8 Å². The molecule has 29 heavy (non-hydrogen) atoms. The van der Waals surface area contributed by atoms with Gasteiger partial charge in [0.15, 0.2) is 12.6 Å². The molecule has 2 atom stereocenters. The highest BCUT2D eigenvalue weighted by Crippen LogP contribution is 2.22. The van der Waals surface area contributed by atoms with Crippen LogP contribution in [0.25, 0.3) is 10.8 Å². The molecule has 2 aromatic heterocycles. The molecule has 0 aromatic carbocycles. The van der Waals surface area contributed by atoms with Gasteiger partial charge in [-0.2, -0.15) is 0 Å². The van der Waals surface area contributed by atoms with Crippen molar-refractivity contribution in [2.24, 2.45) is 0 Å². The smallest absolute Gasteiger partial charge is 0.321 e. The predicted molar refractivity (Wildman–Crippen MR) is 110 cm³/mol. The van der Waals surface area contributed by atoms with E-state index < -0.39 is 12.1 Å². The molecule has 8 nitrogen and oxygen atoms in total. The number of hydrogen-bond acceptors (Lipinski definition) is 6. The lowest BCUT2D eigenvalue weighted by Crippen LogP contribution is -3.15. The van der Waals surface area contributed by atoms with Crippen LogP contribution in [-0.4, -0.2) is 40.8 Å². The SMILES string of the molecule is CCC[NH+](Cc1nnc(-c2cccs2)o1)[C@H](C)C(=O)NC(=O)NC1CCCCC1. The third-order valence-electron chi connectivity index (χ3n) is 5.33. The highest BCUT2D eigenvalue weighted by Gasteiger charge is 2.28. The second kappa shape index (κ2) is 10.5. The molecular weight excluding hydrogens is 390 g/mol. The van der Waals surface area contributed by atoms with Gasteiger partial charge in [-0.3, -0.25) is 10.1 Å². The standard InChI is InChI=1S/C20H29N5O3S/c1-3-11-25(13-17-23-24-19(28-17)16-10-7-12-29-16)14(2)18(26)22-20(27)21-15-8-5-4-6-9-15/h7,10,12,14-15H,3-6,8-9,11,13H2,1-2H3,(H2,21,22,26,27)/p+1/t14-/m1/s1. The largest absolute Gasteiger partial charge is 0.414 e. The van der Waals surface area contributed by atoms with E-state index >= 15 is 0 Å². The number of hydrogen-bond donors (Lipinski definition) is 3. The highest BCUT2D eigenvalue weighted by molar-refractivity contribution is 7.13. The average Bonchev–Trinajstić information content (AvgIpc) is 3.39. The van der Waals surface area contributed by atoms with E-state index in [1.54, 1.807) is 0 Å². The Balaban J connectivity index is 1.55. The van der Waals surface area contributed by atoms with Gasteiger partial charge in [-0.1, -0.05) is 32.3 Å². The van der Waals surface area contributed by atoms with Gasteiger partial charge < -0.3 is 14.6 Å². The number of nitrogens with one attached hydrogen (secondary N) is 3. The summed E-state index contributed by atoms with van der Waals surface area (Å²) in [6.45, 7) is 5.08.